The van der Waals surface area contributed by atoms with Gasteiger partial charge >= 0.3 is 0 Å². The van der Waals surface area contributed by atoms with E-state index in [-0.39, 0.29) is 12.0 Å². The fourth-order valence-electron chi connectivity index (χ4n) is 1.74. The number of hydrogen-bond donors (Lipinski definition) is 1. The van der Waals surface area contributed by atoms with Crippen molar-refractivity contribution in [1.82, 2.24) is 5.32 Å². The molecule has 0 saturated heterocycles. The fourth-order valence-corrected chi connectivity index (χ4v) is 2.02. The maximum atomic E-state index is 11.7. The monoisotopic (exact) mass is 299 g/mol. The molecule has 0 aromatic heterocycles. The Balaban J connectivity index is 2.33. The first-order chi connectivity index (χ1) is 9.41. The van der Waals surface area contributed by atoms with Crippen molar-refractivity contribution in [2.75, 3.05) is 13.2 Å². The predicted octanol–water partition coefficient (Wildman–Crippen LogP) is 2.96. The van der Waals surface area contributed by atoms with Crippen LogP contribution in [0, 0.1) is 6.92 Å². The molecule has 0 saturated carbocycles. The highest BCUT2D eigenvalue weighted by atomic mass is 35.5. The van der Waals surface area contributed by atoms with Crippen LogP contribution in [0.4, 0.5) is 0 Å². The Morgan fingerprint density at radius 3 is 2.65 bits per heavy atom. The third kappa shape index (κ3) is 5.39. The highest BCUT2D eigenvalue weighted by molar-refractivity contribution is 6.32. The van der Waals surface area contributed by atoms with Gasteiger partial charge in [0, 0.05) is 0 Å². The molecule has 1 rings (SSSR count). The summed E-state index contributed by atoms with van der Waals surface area (Å²) in [7, 11) is 0. The summed E-state index contributed by atoms with van der Waals surface area (Å²) in [4.78, 5) is 11.7. The molecular weight excluding hydrogens is 278 g/mol. The molecular formula is C15H22ClNO3. The summed E-state index contributed by atoms with van der Waals surface area (Å²) in [6, 6.07) is 5.58. The van der Waals surface area contributed by atoms with Crippen molar-refractivity contribution in [3.63, 3.8) is 0 Å². The lowest BCUT2D eigenvalue weighted by atomic mass is 10.2. The van der Waals surface area contributed by atoms with Crippen molar-refractivity contribution in [2.45, 2.75) is 39.9 Å². The molecule has 1 N–H and O–H groups in total. The molecule has 1 aromatic carbocycles. The highest BCUT2D eigenvalue weighted by Crippen LogP contribution is 2.27. The first kappa shape index (κ1) is 16.8. The molecule has 0 unspecified atom stereocenters. The van der Waals surface area contributed by atoms with Crippen LogP contribution in [0.2, 0.25) is 5.02 Å². The number of aryl methyl sites for hydroxylation is 1. The summed E-state index contributed by atoms with van der Waals surface area (Å²) in [6.07, 6.45) is -0.435. The number of nitrogens with one attached hydrogen (secondary N) is 1. The van der Waals surface area contributed by atoms with E-state index in [1.165, 1.54) is 0 Å². The summed E-state index contributed by atoms with van der Waals surface area (Å²) in [5.41, 5.74) is 0.973. The van der Waals surface area contributed by atoms with Crippen LogP contribution >= 0.6 is 11.6 Å². The van der Waals surface area contributed by atoms with Crippen LogP contribution in [0.25, 0.3) is 0 Å². The quantitative estimate of drug-likeness (QED) is 0.788. The van der Waals surface area contributed by atoms with Crippen LogP contribution in [0.3, 0.4) is 0 Å². The molecule has 0 aliphatic heterocycles. The maximum absolute atomic E-state index is 11.7. The minimum Gasteiger partial charge on any atom is -0.490 e. The third-order valence-corrected chi connectivity index (χ3v) is 2.95. The number of benzene rings is 1. The van der Waals surface area contributed by atoms with Crippen LogP contribution in [0.5, 0.6) is 5.75 Å². The van der Waals surface area contributed by atoms with Gasteiger partial charge in [-0.15, -0.1) is 0 Å². The molecule has 0 aliphatic carbocycles. The van der Waals surface area contributed by atoms with E-state index < -0.39 is 6.10 Å². The van der Waals surface area contributed by atoms with Crippen molar-refractivity contribution >= 4 is 17.5 Å². The topological polar surface area (TPSA) is 47.6 Å². The molecule has 112 valence electrons. The normalized spacial score (nSPS) is 12.3. The second kappa shape index (κ2) is 8.12. The SMILES string of the molecule is Cc1cccc(Cl)c1OCCNC(=O)[C@@H](C)OC(C)C. The lowest BCUT2D eigenvalue weighted by Gasteiger charge is -2.16. The number of para-hydroxylation sites is 1. The Morgan fingerprint density at radius 1 is 1.35 bits per heavy atom. The van der Waals surface area contributed by atoms with Crippen LogP contribution in [0.1, 0.15) is 26.3 Å². The predicted molar refractivity (Wildman–Crippen MR) is 80.4 cm³/mol. The number of rotatable bonds is 7. The van der Waals surface area contributed by atoms with Crippen LogP contribution in [0.15, 0.2) is 18.2 Å². The summed E-state index contributed by atoms with van der Waals surface area (Å²) >= 11 is 6.05. The van der Waals surface area contributed by atoms with Crippen molar-refractivity contribution < 1.29 is 14.3 Å². The molecule has 1 amide bonds. The van der Waals surface area contributed by atoms with E-state index in [9.17, 15) is 4.79 Å². The number of carbonyl (C=O) groups excluding carboxylic acids is 1. The summed E-state index contributed by atoms with van der Waals surface area (Å²) in [5.74, 6) is 0.521. The zero-order valence-corrected chi connectivity index (χ0v) is 13.2. The molecule has 0 bridgehead atoms. The van der Waals surface area contributed by atoms with Gasteiger partial charge in [0.2, 0.25) is 5.91 Å². The number of hydrogen-bond acceptors (Lipinski definition) is 3. The maximum Gasteiger partial charge on any atom is 0.248 e. The number of ether oxygens (including phenoxy) is 2. The van der Waals surface area contributed by atoms with Gasteiger partial charge in [-0.1, -0.05) is 23.7 Å². The fraction of sp³-hybridized carbons (Fsp3) is 0.533. The van der Waals surface area contributed by atoms with Crippen molar-refractivity contribution in [2.24, 2.45) is 0 Å². The first-order valence-corrected chi connectivity index (χ1v) is 7.10. The third-order valence-electron chi connectivity index (χ3n) is 2.66. The highest BCUT2D eigenvalue weighted by Gasteiger charge is 2.14. The van der Waals surface area contributed by atoms with Crippen molar-refractivity contribution in [1.29, 1.82) is 0 Å². The van der Waals surface area contributed by atoms with Gasteiger partial charge in [0.15, 0.2) is 0 Å². The van der Waals surface area contributed by atoms with Crippen molar-refractivity contribution in [3.8, 4) is 5.75 Å². The van der Waals surface area contributed by atoms with E-state index in [4.69, 9.17) is 21.1 Å². The molecule has 0 spiro atoms. The molecule has 0 fully saturated rings. The first-order valence-electron chi connectivity index (χ1n) is 6.73. The number of carbonyl (C=O) groups is 1. The minimum atomic E-state index is -0.461. The van der Waals surface area contributed by atoms with E-state index in [1.54, 1.807) is 13.0 Å². The minimum absolute atomic E-state index is 0.0257. The summed E-state index contributed by atoms with van der Waals surface area (Å²) in [5, 5.41) is 3.34. The molecule has 4 nitrogen and oxygen atoms in total. The van der Waals surface area contributed by atoms with Gasteiger partial charge in [0.25, 0.3) is 0 Å². The molecule has 0 aliphatic rings. The van der Waals surface area contributed by atoms with Gasteiger partial charge in [-0.3, -0.25) is 4.79 Å². The van der Waals surface area contributed by atoms with E-state index in [0.717, 1.165) is 5.56 Å². The van der Waals surface area contributed by atoms with Gasteiger partial charge in [-0.25, -0.2) is 0 Å². The van der Waals surface area contributed by atoms with Gasteiger partial charge in [-0.2, -0.15) is 0 Å². The lowest BCUT2D eigenvalue weighted by Crippen LogP contribution is -2.37. The van der Waals surface area contributed by atoms with E-state index in [1.807, 2.05) is 32.9 Å². The Bertz CT molecular complexity index is 428. The summed E-state index contributed by atoms with van der Waals surface area (Å²) in [6.45, 7) is 8.23. The number of amides is 1. The second-order valence-electron chi connectivity index (χ2n) is 4.85. The average Bonchev–Trinajstić information content (AvgIpc) is 2.36. The molecule has 5 heteroatoms. The van der Waals surface area contributed by atoms with Gasteiger partial charge in [-0.05, 0) is 39.3 Å². The Morgan fingerprint density at radius 2 is 2.05 bits per heavy atom. The Kier molecular flexibility index (Phi) is 6.82. The van der Waals surface area contributed by atoms with Gasteiger partial charge < -0.3 is 14.8 Å². The summed E-state index contributed by atoms with van der Waals surface area (Å²) < 4.78 is 11.0. The largest absolute Gasteiger partial charge is 0.490 e. The van der Waals surface area contributed by atoms with Crippen LogP contribution in [-0.4, -0.2) is 31.3 Å². The van der Waals surface area contributed by atoms with E-state index in [0.29, 0.717) is 23.9 Å². The Hall–Kier alpha value is -1.26. The molecule has 1 aromatic rings. The zero-order valence-electron chi connectivity index (χ0n) is 12.4. The van der Waals surface area contributed by atoms with Gasteiger partial charge in [0.05, 0.1) is 17.7 Å². The molecule has 0 radical (unpaired) electrons. The standard InChI is InChI=1S/C15H22ClNO3/c1-10(2)20-12(4)15(18)17-8-9-19-14-11(3)6-5-7-13(14)16/h5-7,10,12H,8-9H2,1-4H3,(H,17,18)/t12-/m1/s1. The van der Waals surface area contributed by atoms with Crippen molar-refractivity contribution in [3.05, 3.63) is 28.8 Å². The zero-order chi connectivity index (χ0) is 15.1. The molecule has 20 heavy (non-hydrogen) atoms. The van der Waals surface area contributed by atoms with Gasteiger partial charge in [0.1, 0.15) is 18.5 Å². The lowest BCUT2D eigenvalue weighted by molar-refractivity contribution is -0.134. The van der Waals surface area contributed by atoms with Crippen LogP contribution < -0.4 is 10.1 Å². The van der Waals surface area contributed by atoms with Crippen LogP contribution in [-0.2, 0) is 9.53 Å². The Labute approximate surface area is 125 Å². The average molecular weight is 300 g/mol. The smallest absolute Gasteiger partial charge is 0.248 e. The van der Waals surface area contributed by atoms with E-state index in [2.05, 4.69) is 5.32 Å². The van der Waals surface area contributed by atoms with E-state index >= 15 is 0 Å². The molecule has 1 atom stereocenters. The second-order valence-corrected chi connectivity index (χ2v) is 5.26. The molecule has 0 heterocycles. The number of halogens is 1.